The molecule has 0 aliphatic carbocycles. The fourth-order valence-corrected chi connectivity index (χ4v) is 1.34. The molecule has 66 valence electrons. The monoisotopic (exact) mass is 183 g/mol. The molecule has 0 amide bonds. The molecular weight excluding hydrogens is 170 g/mol. The number of H-pyrrole nitrogens is 1. The normalized spacial score (nSPS) is 12.8. The highest BCUT2D eigenvalue weighted by Crippen LogP contribution is 2.10. The van der Waals surface area contributed by atoms with E-state index in [4.69, 9.17) is 0 Å². The summed E-state index contributed by atoms with van der Waals surface area (Å²) in [6.45, 7) is 2.18. The van der Waals surface area contributed by atoms with E-state index in [0.29, 0.717) is 5.25 Å². The van der Waals surface area contributed by atoms with Crippen molar-refractivity contribution >= 4 is 11.8 Å². The number of thioether (sulfide) groups is 1. The Kier molecular flexibility index (Phi) is 3.41. The van der Waals surface area contributed by atoms with Crippen LogP contribution in [0.15, 0.2) is 23.1 Å². The molecule has 12 heavy (non-hydrogen) atoms. The van der Waals surface area contributed by atoms with Gasteiger partial charge in [0.15, 0.2) is 0 Å². The summed E-state index contributed by atoms with van der Waals surface area (Å²) < 4.78 is 0. The van der Waals surface area contributed by atoms with Gasteiger partial charge in [0.25, 0.3) is 0 Å². The summed E-state index contributed by atoms with van der Waals surface area (Å²) in [5.74, 6) is 0. The van der Waals surface area contributed by atoms with E-state index < -0.39 is 0 Å². The summed E-state index contributed by atoms with van der Waals surface area (Å²) in [4.78, 5) is 13.4. The number of nitrogens with one attached hydrogen (secondary N) is 1. The molecule has 0 aliphatic rings. The molecule has 1 atom stereocenters. The Balaban J connectivity index is 2.64. The Morgan fingerprint density at radius 3 is 2.83 bits per heavy atom. The molecule has 1 rings (SSSR count). The number of aromatic amines is 1. The molecule has 1 aromatic rings. The van der Waals surface area contributed by atoms with Crippen LogP contribution in [-0.4, -0.2) is 16.5 Å². The van der Waals surface area contributed by atoms with Gasteiger partial charge in [-0.1, -0.05) is 13.0 Å². The third kappa shape index (κ3) is 2.74. The maximum Gasteiger partial charge on any atom is 0.247 e. The van der Waals surface area contributed by atoms with Gasteiger partial charge in [0.2, 0.25) is 5.56 Å². The Bertz CT molecular complexity index is 274. The van der Waals surface area contributed by atoms with Crippen LogP contribution >= 0.6 is 11.8 Å². The molecular formula is C9H13NOS. The second-order valence-corrected chi connectivity index (χ2v) is 4.09. The third-order valence-corrected chi connectivity index (χ3v) is 2.75. The molecule has 0 aliphatic heterocycles. The summed E-state index contributed by atoms with van der Waals surface area (Å²) in [6.07, 6.45) is 4.89. The van der Waals surface area contributed by atoms with Gasteiger partial charge in [-0.05, 0) is 18.2 Å². The predicted octanol–water partition coefficient (Wildman–Crippen LogP) is 1.67. The Morgan fingerprint density at radius 2 is 2.33 bits per heavy atom. The van der Waals surface area contributed by atoms with Crippen molar-refractivity contribution in [3.05, 3.63) is 34.2 Å². The lowest BCUT2D eigenvalue weighted by molar-refractivity contribution is 0.933. The van der Waals surface area contributed by atoms with Crippen LogP contribution in [0.4, 0.5) is 0 Å². The Hall–Kier alpha value is -0.700. The van der Waals surface area contributed by atoms with Crippen LogP contribution in [0, 0.1) is 0 Å². The van der Waals surface area contributed by atoms with Crippen LogP contribution in [0.25, 0.3) is 0 Å². The summed E-state index contributed by atoms with van der Waals surface area (Å²) in [7, 11) is 0. The van der Waals surface area contributed by atoms with E-state index in [0.717, 1.165) is 6.42 Å². The quantitative estimate of drug-likeness (QED) is 0.773. The van der Waals surface area contributed by atoms with E-state index in [1.54, 1.807) is 12.3 Å². The molecule has 0 fully saturated rings. The molecule has 3 heteroatoms. The number of pyridine rings is 1. The number of rotatable bonds is 3. The standard InChI is InChI=1S/C9H13NOS/c1-7(12-2)5-8-3-4-9(11)10-6-8/h3-4,6-7H,5H2,1-2H3,(H,10,11). The van der Waals surface area contributed by atoms with Crippen molar-refractivity contribution in [3.8, 4) is 0 Å². The summed E-state index contributed by atoms with van der Waals surface area (Å²) in [5, 5.41) is 0.607. The minimum Gasteiger partial charge on any atom is -0.329 e. The molecule has 1 unspecified atom stereocenters. The minimum absolute atomic E-state index is 0.0319. The second kappa shape index (κ2) is 4.36. The fourth-order valence-electron chi connectivity index (χ4n) is 0.985. The molecule has 1 N–H and O–H groups in total. The molecule has 1 heterocycles. The van der Waals surface area contributed by atoms with Crippen molar-refractivity contribution in [2.24, 2.45) is 0 Å². The van der Waals surface area contributed by atoms with E-state index in [2.05, 4.69) is 18.2 Å². The highest BCUT2D eigenvalue weighted by atomic mass is 32.2. The van der Waals surface area contributed by atoms with Gasteiger partial charge >= 0.3 is 0 Å². The lowest BCUT2D eigenvalue weighted by Crippen LogP contribution is -2.06. The van der Waals surface area contributed by atoms with Crippen LogP contribution in [0.2, 0.25) is 0 Å². The molecule has 0 radical (unpaired) electrons. The largest absolute Gasteiger partial charge is 0.329 e. The first-order valence-electron chi connectivity index (χ1n) is 3.93. The average Bonchev–Trinajstić information content (AvgIpc) is 2.09. The number of hydrogen-bond acceptors (Lipinski definition) is 2. The molecule has 0 spiro atoms. The highest BCUT2D eigenvalue weighted by Gasteiger charge is 2.00. The van der Waals surface area contributed by atoms with Crippen LogP contribution in [0.5, 0.6) is 0 Å². The van der Waals surface area contributed by atoms with Gasteiger partial charge in [0.05, 0.1) is 0 Å². The van der Waals surface area contributed by atoms with E-state index in [1.807, 2.05) is 17.8 Å². The topological polar surface area (TPSA) is 32.9 Å². The van der Waals surface area contributed by atoms with Gasteiger partial charge in [-0.25, -0.2) is 0 Å². The summed E-state index contributed by atoms with van der Waals surface area (Å²) in [6, 6.07) is 3.45. The minimum atomic E-state index is -0.0319. The third-order valence-electron chi connectivity index (χ3n) is 1.77. The van der Waals surface area contributed by atoms with Crippen molar-refractivity contribution < 1.29 is 0 Å². The van der Waals surface area contributed by atoms with Gasteiger partial charge < -0.3 is 4.98 Å². The maximum absolute atomic E-state index is 10.7. The van der Waals surface area contributed by atoms with E-state index >= 15 is 0 Å². The first-order valence-corrected chi connectivity index (χ1v) is 5.21. The van der Waals surface area contributed by atoms with Crippen LogP contribution in [0.1, 0.15) is 12.5 Å². The van der Waals surface area contributed by atoms with Gasteiger partial charge in [0.1, 0.15) is 0 Å². The Morgan fingerprint density at radius 1 is 1.58 bits per heavy atom. The number of hydrogen-bond donors (Lipinski definition) is 1. The first kappa shape index (κ1) is 9.39. The van der Waals surface area contributed by atoms with Crippen LogP contribution in [0.3, 0.4) is 0 Å². The maximum atomic E-state index is 10.7. The molecule has 0 aromatic carbocycles. The molecule has 1 aromatic heterocycles. The van der Waals surface area contributed by atoms with Gasteiger partial charge in [0, 0.05) is 17.5 Å². The smallest absolute Gasteiger partial charge is 0.247 e. The fraction of sp³-hybridized carbons (Fsp3) is 0.444. The average molecular weight is 183 g/mol. The van der Waals surface area contributed by atoms with Gasteiger partial charge in [-0.15, -0.1) is 0 Å². The SMILES string of the molecule is CSC(C)Cc1ccc(=O)[nH]c1. The zero-order valence-corrected chi connectivity index (χ0v) is 8.15. The van der Waals surface area contributed by atoms with Crippen LogP contribution in [-0.2, 0) is 6.42 Å². The van der Waals surface area contributed by atoms with Crippen molar-refractivity contribution in [3.63, 3.8) is 0 Å². The van der Waals surface area contributed by atoms with Crippen molar-refractivity contribution in [1.29, 1.82) is 0 Å². The van der Waals surface area contributed by atoms with E-state index in [-0.39, 0.29) is 5.56 Å². The van der Waals surface area contributed by atoms with Crippen molar-refractivity contribution in [2.75, 3.05) is 6.26 Å². The second-order valence-electron chi connectivity index (χ2n) is 2.81. The zero-order valence-electron chi connectivity index (χ0n) is 7.33. The predicted molar refractivity (Wildman–Crippen MR) is 53.7 cm³/mol. The van der Waals surface area contributed by atoms with Crippen LogP contribution < -0.4 is 5.56 Å². The molecule has 0 saturated heterocycles. The molecule has 0 bridgehead atoms. The lowest BCUT2D eigenvalue weighted by Gasteiger charge is -2.06. The highest BCUT2D eigenvalue weighted by molar-refractivity contribution is 7.99. The molecule has 0 saturated carbocycles. The van der Waals surface area contributed by atoms with Crippen molar-refractivity contribution in [2.45, 2.75) is 18.6 Å². The van der Waals surface area contributed by atoms with Gasteiger partial charge in [-0.2, -0.15) is 11.8 Å². The van der Waals surface area contributed by atoms with E-state index in [1.165, 1.54) is 5.56 Å². The summed E-state index contributed by atoms with van der Waals surface area (Å²) >= 11 is 1.83. The van der Waals surface area contributed by atoms with Crippen molar-refractivity contribution in [1.82, 2.24) is 4.98 Å². The van der Waals surface area contributed by atoms with Gasteiger partial charge in [-0.3, -0.25) is 4.79 Å². The lowest BCUT2D eigenvalue weighted by atomic mass is 10.2. The zero-order chi connectivity index (χ0) is 8.97. The van der Waals surface area contributed by atoms with E-state index in [9.17, 15) is 4.79 Å². The first-order chi connectivity index (χ1) is 5.72. The Labute approximate surface area is 76.4 Å². The molecule has 2 nitrogen and oxygen atoms in total. The number of aromatic nitrogens is 1. The summed E-state index contributed by atoms with van der Waals surface area (Å²) in [5.41, 5.74) is 1.16.